The Morgan fingerprint density at radius 3 is 3.00 bits per heavy atom. The van der Waals surface area contributed by atoms with E-state index in [-0.39, 0.29) is 11.6 Å². The van der Waals surface area contributed by atoms with Crippen LogP contribution in [0.15, 0.2) is 24.8 Å². The number of hydrogen-bond acceptors (Lipinski definition) is 5. The minimum atomic E-state index is -0.279. The highest BCUT2D eigenvalue weighted by molar-refractivity contribution is 5.91. The van der Waals surface area contributed by atoms with Crippen LogP contribution in [0.5, 0.6) is 0 Å². The number of amides is 1. The van der Waals surface area contributed by atoms with E-state index < -0.39 is 0 Å². The summed E-state index contributed by atoms with van der Waals surface area (Å²) < 4.78 is 1.47. The summed E-state index contributed by atoms with van der Waals surface area (Å²) in [5.74, 6) is -0.279. The summed E-state index contributed by atoms with van der Waals surface area (Å²) in [5, 5.41) is 10.0. The maximum absolute atomic E-state index is 11.6. The van der Waals surface area contributed by atoms with Crippen molar-refractivity contribution in [1.29, 1.82) is 0 Å². The van der Waals surface area contributed by atoms with Crippen molar-refractivity contribution in [2.45, 2.75) is 6.54 Å². The molecule has 0 atom stereocenters. The van der Waals surface area contributed by atoms with Crippen LogP contribution in [0, 0.1) is 0 Å². The fraction of sp³-hybridized carbons (Fsp3) is 0.222. The Balaban J connectivity index is 1.94. The summed E-state index contributed by atoms with van der Waals surface area (Å²) in [6.07, 6.45) is 6.29. The second kappa shape index (κ2) is 4.47. The predicted octanol–water partition coefficient (Wildman–Crippen LogP) is -0.465. The molecule has 0 radical (unpaired) electrons. The average Bonchev–Trinajstić information content (AvgIpc) is 2.74. The van der Waals surface area contributed by atoms with Crippen LogP contribution in [0.2, 0.25) is 0 Å². The molecule has 0 aromatic carbocycles. The molecule has 1 N–H and O–H groups in total. The molecule has 0 saturated heterocycles. The first kappa shape index (κ1) is 10.2. The SMILES string of the molecule is Cn1cc(C(=O)NCc2cnccn2)nn1. The van der Waals surface area contributed by atoms with Crippen LogP contribution in [0.25, 0.3) is 0 Å². The van der Waals surface area contributed by atoms with E-state index in [0.717, 1.165) is 0 Å². The van der Waals surface area contributed by atoms with E-state index in [2.05, 4.69) is 25.6 Å². The van der Waals surface area contributed by atoms with E-state index in [9.17, 15) is 4.79 Å². The third-order valence-electron chi connectivity index (χ3n) is 1.88. The van der Waals surface area contributed by atoms with Crippen LogP contribution in [-0.4, -0.2) is 30.9 Å². The Labute approximate surface area is 91.5 Å². The summed E-state index contributed by atoms with van der Waals surface area (Å²) in [7, 11) is 1.70. The standard InChI is InChI=1S/C9H10N6O/c1-15-6-8(13-14-15)9(16)12-5-7-4-10-2-3-11-7/h2-4,6H,5H2,1H3,(H,12,16). The lowest BCUT2D eigenvalue weighted by Gasteiger charge is -2.00. The van der Waals surface area contributed by atoms with Gasteiger partial charge < -0.3 is 5.32 Å². The van der Waals surface area contributed by atoms with Gasteiger partial charge in [-0.25, -0.2) is 0 Å². The Morgan fingerprint density at radius 1 is 1.50 bits per heavy atom. The van der Waals surface area contributed by atoms with Crippen LogP contribution in [0.1, 0.15) is 16.2 Å². The molecule has 1 amide bonds. The molecule has 0 aliphatic rings. The molecule has 0 saturated carbocycles. The molecule has 7 heteroatoms. The van der Waals surface area contributed by atoms with Gasteiger partial charge in [-0.15, -0.1) is 5.10 Å². The highest BCUT2D eigenvalue weighted by atomic mass is 16.2. The molecule has 7 nitrogen and oxygen atoms in total. The van der Waals surface area contributed by atoms with Gasteiger partial charge in [-0.1, -0.05) is 5.21 Å². The Bertz CT molecular complexity index is 480. The molecule has 82 valence electrons. The van der Waals surface area contributed by atoms with Gasteiger partial charge in [0.1, 0.15) is 0 Å². The van der Waals surface area contributed by atoms with Crippen molar-refractivity contribution in [2.24, 2.45) is 7.05 Å². The van der Waals surface area contributed by atoms with Gasteiger partial charge in [0, 0.05) is 19.4 Å². The lowest BCUT2D eigenvalue weighted by Crippen LogP contribution is -2.23. The lowest BCUT2D eigenvalue weighted by atomic mass is 10.4. The maximum atomic E-state index is 11.6. The molecule has 2 rings (SSSR count). The van der Waals surface area contributed by atoms with Crippen molar-refractivity contribution in [3.8, 4) is 0 Å². The van der Waals surface area contributed by atoms with Crippen molar-refractivity contribution in [3.05, 3.63) is 36.2 Å². The quantitative estimate of drug-likeness (QED) is 0.753. The van der Waals surface area contributed by atoms with E-state index in [4.69, 9.17) is 0 Å². The fourth-order valence-corrected chi connectivity index (χ4v) is 1.13. The molecular weight excluding hydrogens is 208 g/mol. The van der Waals surface area contributed by atoms with Gasteiger partial charge in [0.25, 0.3) is 5.91 Å². The summed E-state index contributed by atoms with van der Waals surface area (Å²) in [6, 6.07) is 0. The highest BCUT2D eigenvalue weighted by Crippen LogP contribution is 1.93. The second-order valence-corrected chi connectivity index (χ2v) is 3.16. The number of nitrogens with zero attached hydrogens (tertiary/aromatic N) is 5. The molecule has 0 fully saturated rings. The highest BCUT2D eigenvalue weighted by Gasteiger charge is 2.09. The number of rotatable bonds is 3. The summed E-state index contributed by atoms with van der Waals surface area (Å²) in [6.45, 7) is 0.323. The zero-order valence-corrected chi connectivity index (χ0v) is 8.66. The number of nitrogens with one attached hydrogen (secondary N) is 1. The predicted molar refractivity (Wildman–Crippen MR) is 54.2 cm³/mol. The fourth-order valence-electron chi connectivity index (χ4n) is 1.13. The molecule has 0 aliphatic carbocycles. The molecular formula is C9H10N6O. The molecule has 2 heterocycles. The largest absolute Gasteiger partial charge is 0.345 e. The van der Waals surface area contributed by atoms with E-state index in [0.29, 0.717) is 12.2 Å². The zero-order chi connectivity index (χ0) is 11.4. The molecule has 0 aliphatic heterocycles. The third-order valence-corrected chi connectivity index (χ3v) is 1.88. The molecule has 2 aromatic rings. The van der Waals surface area contributed by atoms with Gasteiger partial charge in [0.05, 0.1) is 24.6 Å². The Morgan fingerprint density at radius 2 is 2.38 bits per heavy atom. The molecule has 2 aromatic heterocycles. The Hall–Kier alpha value is -2.31. The van der Waals surface area contributed by atoms with Crippen molar-refractivity contribution < 1.29 is 4.79 Å². The van der Waals surface area contributed by atoms with E-state index >= 15 is 0 Å². The first-order valence-electron chi connectivity index (χ1n) is 4.65. The maximum Gasteiger partial charge on any atom is 0.273 e. The summed E-state index contributed by atoms with van der Waals surface area (Å²) >= 11 is 0. The number of carbonyl (C=O) groups is 1. The van der Waals surface area contributed by atoms with Crippen LogP contribution in [0.4, 0.5) is 0 Å². The topological polar surface area (TPSA) is 85.6 Å². The Kier molecular flexibility index (Phi) is 2.86. The monoisotopic (exact) mass is 218 g/mol. The first-order valence-corrected chi connectivity index (χ1v) is 4.65. The van der Waals surface area contributed by atoms with Gasteiger partial charge in [0.2, 0.25) is 0 Å². The van der Waals surface area contributed by atoms with Crippen LogP contribution < -0.4 is 5.32 Å². The number of aromatic nitrogens is 5. The van der Waals surface area contributed by atoms with Gasteiger partial charge in [0.15, 0.2) is 5.69 Å². The van der Waals surface area contributed by atoms with Crippen molar-refractivity contribution >= 4 is 5.91 Å². The van der Waals surface area contributed by atoms with E-state index in [1.807, 2.05) is 0 Å². The van der Waals surface area contributed by atoms with Gasteiger partial charge >= 0.3 is 0 Å². The van der Waals surface area contributed by atoms with Gasteiger partial charge in [-0.05, 0) is 0 Å². The smallest absolute Gasteiger partial charge is 0.273 e. The zero-order valence-electron chi connectivity index (χ0n) is 8.66. The van der Waals surface area contributed by atoms with E-state index in [1.54, 1.807) is 31.8 Å². The molecule has 16 heavy (non-hydrogen) atoms. The van der Waals surface area contributed by atoms with Crippen molar-refractivity contribution in [3.63, 3.8) is 0 Å². The van der Waals surface area contributed by atoms with Crippen LogP contribution in [-0.2, 0) is 13.6 Å². The minimum absolute atomic E-state index is 0.279. The number of hydrogen-bond donors (Lipinski definition) is 1. The van der Waals surface area contributed by atoms with Crippen LogP contribution >= 0.6 is 0 Å². The van der Waals surface area contributed by atoms with Crippen molar-refractivity contribution in [1.82, 2.24) is 30.3 Å². The summed E-state index contributed by atoms with van der Waals surface area (Å²) in [4.78, 5) is 19.5. The second-order valence-electron chi connectivity index (χ2n) is 3.16. The van der Waals surface area contributed by atoms with Crippen molar-refractivity contribution in [2.75, 3.05) is 0 Å². The van der Waals surface area contributed by atoms with E-state index in [1.165, 1.54) is 4.68 Å². The number of carbonyl (C=O) groups excluding carboxylic acids is 1. The normalized spacial score (nSPS) is 10.1. The minimum Gasteiger partial charge on any atom is -0.345 e. The van der Waals surface area contributed by atoms with Gasteiger partial charge in [-0.2, -0.15) is 0 Å². The summed E-state index contributed by atoms with van der Waals surface area (Å²) in [5.41, 5.74) is 0.978. The lowest BCUT2D eigenvalue weighted by molar-refractivity contribution is 0.0945. The third kappa shape index (κ3) is 2.38. The first-order chi connectivity index (χ1) is 7.75. The van der Waals surface area contributed by atoms with Crippen LogP contribution in [0.3, 0.4) is 0 Å². The molecule has 0 spiro atoms. The average molecular weight is 218 g/mol. The van der Waals surface area contributed by atoms with Gasteiger partial charge in [-0.3, -0.25) is 19.4 Å². The molecule has 0 unspecified atom stereocenters. The number of aryl methyl sites for hydroxylation is 1. The molecule has 0 bridgehead atoms.